The van der Waals surface area contributed by atoms with Gasteiger partial charge in [-0.3, -0.25) is 4.18 Å². The lowest BCUT2D eigenvalue weighted by Crippen LogP contribution is -2.06. The summed E-state index contributed by atoms with van der Waals surface area (Å²) >= 11 is 6.02. The third-order valence-corrected chi connectivity index (χ3v) is 3.80. The van der Waals surface area contributed by atoms with Gasteiger partial charge in [0.15, 0.2) is 11.5 Å². The summed E-state index contributed by atoms with van der Waals surface area (Å²) in [6.45, 7) is 0.566. The first kappa shape index (κ1) is 18.6. The zero-order chi connectivity index (χ0) is 17.4. The molecule has 0 spiro atoms. The van der Waals surface area contributed by atoms with E-state index in [1.807, 2.05) is 30.3 Å². The maximum Gasteiger partial charge on any atom is 0.264 e. The minimum absolute atomic E-state index is 0.149. The van der Waals surface area contributed by atoms with E-state index in [9.17, 15) is 8.42 Å². The van der Waals surface area contributed by atoms with Crippen LogP contribution in [0.2, 0.25) is 5.02 Å². The highest BCUT2D eigenvalue weighted by molar-refractivity contribution is 7.85. The Morgan fingerprint density at radius 1 is 0.958 bits per heavy atom. The van der Waals surface area contributed by atoms with E-state index in [2.05, 4.69) is 4.18 Å². The van der Waals surface area contributed by atoms with Gasteiger partial charge in [-0.25, -0.2) is 0 Å². The van der Waals surface area contributed by atoms with Crippen LogP contribution in [0.1, 0.15) is 12.8 Å². The SMILES string of the molecule is CS(=O)(=O)OCCCCOc1ccc(Cl)cc1Oc1ccccc1. The number of hydrogen-bond acceptors (Lipinski definition) is 5. The van der Waals surface area contributed by atoms with Gasteiger partial charge in [-0.2, -0.15) is 8.42 Å². The van der Waals surface area contributed by atoms with Gasteiger partial charge >= 0.3 is 0 Å². The summed E-state index contributed by atoms with van der Waals surface area (Å²) in [5.74, 6) is 1.79. The minimum atomic E-state index is -3.39. The normalized spacial score (nSPS) is 11.2. The molecule has 0 unspecified atom stereocenters. The highest BCUT2D eigenvalue weighted by Gasteiger charge is 2.08. The monoisotopic (exact) mass is 370 g/mol. The summed E-state index contributed by atoms with van der Waals surface area (Å²) in [4.78, 5) is 0. The van der Waals surface area contributed by atoms with Crippen LogP contribution in [0.15, 0.2) is 48.5 Å². The van der Waals surface area contributed by atoms with E-state index in [1.54, 1.807) is 18.2 Å². The highest BCUT2D eigenvalue weighted by Crippen LogP contribution is 2.34. The quantitative estimate of drug-likeness (QED) is 0.487. The van der Waals surface area contributed by atoms with E-state index in [0.29, 0.717) is 41.7 Å². The minimum Gasteiger partial charge on any atom is -0.490 e. The third-order valence-electron chi connectivity index (χ3n) is 2.97. The molecule has 0 radical (unpaired) electrons. The van der Waals surface area contributed by atoms with Crippen molar-refractivity contribution < 1.29 is 22.1 Å². The maximum absolute atomic E-state index is 10.9. The molecule has 0 aromatic heterocycles. The Balaban J connectivity index is 1.88. The summed E-state index contributed by atoms with van der Waals surface area (Å²) in [5, 5.41) is 0.551. The molecular weight excluding hydrogens is 352 g/mol. The molecule has 2 rings (SSSR count). The van der Waals surface area contributed by atoms with Crippen molar-refractivity contribution in [2.75, 3.05) is 19.5 Å². The Hall–Kier alpha value is -1.76. The molecule has 0 saturated carbocycles. The molecule has 0 amide bonds. The molecule has 2 aromatic rings. The van der Waals surface area contributed by atoms with E-state index in [1.165, 1.54) is 0 Å². The molecule has 24 heavy (non-hydrogen) atoms. The van der Waals surface area contributed by atoms with E-state index in [0.717, 1.165) is 6.26 Å². The van der Waals surface area contributed by atoms with Crippen molar-refractivity contribution in [1.82, 2.24) is 0 Å². The van der Waals surface area contributed by atoms with Crippen molar-refractivity contribution in [1.29, 1.82) is 0 Å². The smallest absolute Gasteiger partial charge is 0.264 e. The first-order chi connectivity index (χ1) is 11.4. The molecule has 0 fully saturated rings. The number of rotatable bonds is 9. The average molecular weight is 371 g/mol. The summed E-state index contributed by atoms with van der Waals surface area (Å²) in [6, 6.07) is 14.5. The van der Waals surface area contributed by atoms with Gasteiger partial charge in [0, 0.05) is 11.1 Å². The molecule has 0 atom stereocenters. The van der Waals surface area contributed by atoms with Crippen molar-refractivity contribution in [2.45, 2.75) is 12.8 Å². The van der Waals surface area contributed by atoms with Crippen molar-refractivity contribution >= 4 is 21.7 Å². The molecule has 0 aliphatic carbocycles. The highest BCUT2D eigenvalue weighted by atomic mass is 35.5. The molecule has 0 aliphatic rings. The average Bonchev–Trinajstić information content (AvgIpc) is 2.52. The van der Waals surface area contributed by atoms with Gasteiger partial charge in [0.25, 0.3) is 10.1 Å². The van der Waals surface area contributed by atoms with E-state index < -0.39 is 10.1 Å². The predicted octanol–water partition coefficient (Wildman–Crippen LogP) is 4.27. The fourth-order valence-corrected chi connectivity index (χ4v) is 2.48. The van der Waals surface area contributed by atoms with Gasteiger partial charge in [0.05, 0.1) is 19.5 Å². The second-order valence-corrected chi connectivity index (χ2v) is 7.17. The van der Waals surface area contributed by atoms with Gasteiger partial charge in [-0.15, -0.1) is 0 Å². The number of benzene rings is 2. The van der Waals surface area contributed by atoms with Crippen molar-refractivity contribution in [3.63, 3.8) is 0 Å². The van der Waals surface area contributed by atoms with Crippen LogP contribution in [0, 0.1) is 0 Å². The Kier molecular flexibility index (Phi) is 6.90. The van der Waals surface area contributed by atoms with Gasteiger partial charge in [-0.05, 0) is 37.1 Å². The largest absolute Gasteiger partial charge is 0.490 e. The number of unbranched alkanes of at least 4 members (excludes halogenated alkanes) is 1. The molecule has 0 heterocycles. The van der Waals surface area contributed by atoms with Crippen molar-refractivity contribution in [2.24, 2.45) is 0 Å². The molecule has 7 heteroatoms. The lowest BCUT2D eigenvalue weighted by atomic mass is 10.3. The van der Waals surface area contributed by atoms with Crippen molar-refractivity contribution in [3.05, 3.63) is 53.6 Å². The summed E-state index contributed by atoms with van der Waals surface area (Å²) in [6.07, 6.45) is 2.27. The Labute approximate surface area is 147 Å². The lowest BCUT2D eigenvalue weighted by molar-refractivity contribution is 0.264. The van der Waals surface area contributed by atoms with E-state index in [4.69, 9.17) is 21.1 Å². The topological polar surface area (TPSA) is 61.8 Å². The summed E-state index contributed by atoms with van der Waals surface area (Å²) in [7, 11) is -3.39. The molecule has 0 bridgehead atoms. The first-order valence-corrected chi connectivity index (χ1v) is 9.63. The summed E-state index contributed by atoms with van der Waals surface area (Å²) < 4.78 is 37.9. The van der Waals surface area contributed by atoms with Crippen LogP contribution in [-0.2, 0) is 14.3 Å². The molecule has 0 N–H and O–H groups in total. The first-order valence-electron chi connectivity index (χ1n) is 7.44. The van der Waals surface area contributed by atoms with Crippen LogP contribution in [0.4, 0.5) is 0 Å². The van der Waals surface area contributed by atoms with Crippen molar-refractivity contribution in [3.8, 4) is 17.2 Å². The number of halogens is 1. The lowest BCUT2D eigenvalue weighted by Gasteiger charge is -2.13. The summed E-state index contributed by atoms with van der Waals surface area (Å²) in [5.41, 5.74) is 0. The van der Waals surface area contributed by atoms with E-state index in [-0.39, 0.29) is 6.61 Å². The van der Waals surface area contributed by atoms with Gasteiger partial charge in [-0.1, -0.05) is 29.8 Å². The molecular formula is C17H19ClO5S. The zero-order valence-electron chi connectivity index (χ0n) is 13.3. The van der Waals surface area contributed by atoms with Gasteiger partial charge in [0.1, 0.15) is 5.75 Å². The van der Waals surface area contributed by atoms with Crippen LogP contribution in [-0.4, -0.2) is 27.9 Å². The second kappa shape index (κ2) is 8.92. The fraction of sp³-hybridized carbons (Fsp3) is 0.294. The van der Waals surface area contributed by atoms with Crippen LogP contribution >= 0.6 is 11.6 Å². The van der Waals surface area contributed by atoms with E-state index >= 15 is 0 Å². The third kappa shape index (κ3) is 6.78. The molecule has 0 aliphatic heterocycles. The molecule has 0 saturated heterocycles. The number of para-hydroxylation sites is 1. The number of ether oxygens (including phenoxy) is 2. The standard InChI is InChI=1S/C17H19ClO5S/c1-24(19,20)22-12-6-5-11-21-16-10-9-14(18)13-17(16)23-15-7-3-2-4-8-15/h2-4,7-10,13H,5-6,11-12H2,1H3. The second-order valence-electron chi connectivity index (χ2n) is 5.09. The van der Waals surface area contributed by atoms with Gasteiger partial charge < -0.3 is 9.47 Å². The maximum atomic E-state index is 10.9. The Morgan fingerprint density at radius 3 is 2.38 bits per heavy atom. The molecule has 5 nitrogen and oxygen atoms in total. The van der Waals surface area contributed by atoms with Crippen LogP contribution in [0.25, 0.3) is 0 Å². The molecule has 2 aromatic carbocycles. The van der Waals surface area contributed by atoms with Crippen LogP contribution < -0.4 is 9.47 Å². The fourth-order valence-electron chi connectivity index (χ4n) is 1.89. The predicted molar refractivity (Wildman–Crippen MR) is 93.5 cm³/mol. The zero-order valence-corrected chi connectivity index (χ0v) is 14.8. The number of hydrogen-bond donors (Lipinski definition) is 0. The van der Waals surface area contributed by atoms with Crippen LogP contribution in [0.5, 0.6) is 17.2 Å². The van der Waals surface area contributed by atoms with Gasteiger partial charge in [0.2, 0.25) is 0 Å². The van der Waals surface area contributed by atoms with Crippen LogP contribution in [0.3, 0.4) is 0 Å². The molecule has 130 valence electrons. The Morgan fingerprint density at radius 2 is 1.67 bits per heavy atom. The Bertz CT molecular complexity index is 747.